The van der Waals surface area contributed by atoms with Crippen LogP contribution >= 0.6 is 57.1 Å². The first-order valence-electron chi connectivity index (χ1n) is 18.0. The zero-order valence-electron chi connectivity index (χ0n) is 29.0. The summed E-state index contributed by atoms with van der Waals surface area (Å²) in [6, 6.07) is 16.6. The molecule has 0 N–H and O–H groups in total. The lowest BCUT2D eigenvalue weighted by Crippen LogP contribution is -2.00. The average molecular weight is 753 g/mol. The highest BCUT2D eigenvalue weighted by molar-refractivity contribution is 7.24. The standard InChI is InChI=1S/C40H46F2N2S5/c1-5-9-11-25(7-3)13-15-27-17-19-29(45-27)31-21-23-33(47-31)35-37(41)38(42)36(40-39(35)43-49-44-40)34-24-22-32(48-34)30-20-18-28(46-30)16-14-26(8-4)12-10-6-2/h17-26H,5-16H2,1-4H3. The SMILES string of the molecule is CCCCC(CC)CCc1ccc(-c2ccc(-c3c(F)c(F)c(-c4ccc(-c5ccc(CCC(CC)CCCC)s5)s4)c4nsnc34)s2)s1. The summed E-state index contributed by atoms with van der Waals surface area (Å²) in [6.45, 7) is 9.12. The Hall–Kier alpha value is -2.30. The Bertz CT molecular complexity index is 1810. The molecule has 2 atom stereocenters. The summed E-state index contributed by atoms with van der Waals surface area (Å²) < 4.78 is 41.3. The van der Waals surface area contributed by atoms with Crippen LogP contribution in [0.3, 0.4) is 0 Å². The molecule has 0 fully saturated rings. The molecule has 0 spiro atoms. The van der Waals surface area contributed by atoms with E-state index >= 15 is 8.78 Å². The summed E-state index contributed by atoms with van der Waals surface area (Å²) in [4.78, 5) is 8.58. The molecule has 0 aliphatic rings. The van der Waals surface area contributed by atoms with E-state index < -0.39 is 11.6 Å². The van der Waals surface area contributed by atoms with Crippen molar-refractivity contribution in [2.24, 2.45) is 11.8 Å². The Morgan fingerprint density at radius 2 is 0.898 bits per heavy atom. The van der Waals surface area contributed by atoms with E-state index in [1.165, 1.54) is 106 Å². The van der Waals surface area contributed by atoms with E-state index in [1.807, 2.05) is 46.9 Å². The lowest BCUT2D eigenvalue weighted by atomic mass is 9.94. The van der Waals surface area contributed by atoms with Gasteiger partial charge in [-0.15, -0.1) is 45.3 Å². The van der Waals surface area contributed by atoms with Gasteiger partial charge in [-0.1, -0.05) is 79.1 Å². The van der Waals surface area contributed by atoms with Gasteiger partial charge in [0.05, 0.1) is 22.9 Å². The Morgan fingerprint density at radius 1 is 0.510 bits per heavy atom. The van der Waals surface area contributed by atoms with Gasteiger partial charge in [-0.05, 0) is 86.1 Å². The van der Waals surface area contributed by atoms with E-state index in [0.29, 0.717) is 20.8 Å². The number of hydrogen-bond donors (Lipinski definition) is 0. The molecule has 0 saturated heterocycles. The number of benzene rings is 1. The molecule has 49 heavy (non-hydrogen) atoms. The zero-order valence-corrected chi connectivity index (χ0v) is 33.0. The second-order valence-corrected chi connectivity index (χ2v) is 18.1. The molecule has 6 aromatic rings. The molecule has 5 heterocycles. The van der Waals surface area contributed by atoms with Crippen molar-refractivity contribution < 1.29 is 8.78 Å². The third-order valence-electron chi connectivity index (χ3n) is 9.79. The van der Waals surface area contributed by atoms with E-state index in [4.69, 9.17) is 0 Å². The Labute approximate surface area is 310 Å². The van der Waals surface area contributed by atoms with Crippen molar-refractivity contribution in [2.45, 2.75) is 105 Å². The van der Waals surface area contributed by atoms with Crippen molar-refractivity contribution >= 4 is 68.1 Å². The van der Waals surface area contributed by atoms with Gasteiger partial charge in [0.1, 0.15) is 11.0 Å². The fourth-order valence-corrected chi connectivity index (χ4v) is 11.6. The highest BCUT2D eigenvalue weighted by atomic mass is 32.1. The molecule has 1 aromatic carbocycles. The third-order valence-corrected chi connectivity index (χ3v) is 15.2. The molecule has 0 aliphatic heterocycles. The molecule has 5 aromatic heterocycles. The second-order valence-electron chi connectivity index (χ2n) is 13.1. The fourth-order valence-electron chi connectivity index (χ4n) is 6.68. The molecular weight excluding hydrogens is 707 g/mol. The topological polar surface area (TPSA) is 25.8 Å². The van der Waals surface area contributed by atoms with Crippen molar-refractivity contribution in [3.63, 3.8) is 0 Å². The van der Waals surface area contributed by atoms with E-state index in [1.54, 1.807) is 0 Å². The van der Waals surface area contributed by atoms with Crippen LogP contribution in [0, 0.1) is 23.5 Å². The molecule has 2 nitrogen and oxygen atoms in total. The van der Waals surface area contributed by atoms with Crippen molar-refractivity contribution in [1.82, 2.24) is 8.75 Å². The molecule has 0 saturated carbocycles. The van der Waals surface area contributed by atoms with Crippen LogP contribution in [-0.2, 0) is 12.8 Å². The van der Waals surface area contributed by atoms with Gasteiger partial charge < -0.3 is 0 Å². The van der Waals surface area contributed by atoms with Crippen LogP contribution in [0.4, 0.5) is 8.78 Å². The van der Waals surface area contributed by atoms with Gasteiger partial charge in [-0.2, -0.15) is 8.75 Å². The normalized spacial score (nSPS) is 13.1. The first kappa shape index (κ1) is 36.5. The summed E-state index contributed by atoms with van der Waals surface area (Å²) in [6.07, 6.45) is 14.8. The van der Waals surface area contributed by atoms with E-state index in [2.05, 4.69) is 60.7 Å². The molecule has 0 aliphatic carbocycles. The highest BCUT2D eigenvalue weighted by Gasteiger charge is 2.27. The zero-order chi connectivity index (χ0) is 34.3. The van der Waals surface area contributed by atoms with Crippen LogP contribution in [0.15, 0.2) is 48.5 Å². The number of unbranched alkanes of at least 4 members (excludes halogenated alkanes) is 2. The smallest absolute Gasteiger partial charge is 0.170 e. The van der Waals surface area contributed by atoms with E-state index in [0.717, 1.165) is 46.2 Å². The number of fused-ring (bicyclic) bond motifs is 1. The Morgan fingerprint density at radius 3 is 1.31 bits per heavy atom. The molecular formula is C40H46F2N2S5. The average Bonchev–Trinajstić information content (AvgIpc) is 3.96. The van der Waals surface area contributed by atoms with E-state index in [-0.39, 0.29) is 11.1 Å². The Kier molecular flexibility index (Phi) is 12.9. The first-order chi connectivity index (χ1) is 23.9. The van der Waals surface area contributed by atoms with Crippen LogP contribution in [0.25, 0.3) is 51.4 Å². The van der Waals surface area contributed by atoms with Gasteiger partial charge in [0.2, 0.25) is 0 Å². The molecule has 0 bridgehead atoms. The molecule has 0 amide bonds. The van der Waals surface area contributed by atoms with Gasteiger partial charge >= 0.3 is 0 Å². The highest BCUT2D eigenvalue weighted by Crippen LogP contribution is 2.46. The summed E-state index contributed by atoms with van der Waals surface area (Å²) in [7, 11) is 0. The minimum Gasteiger partial charge on any atom is -0.203 e. The van der Waals surface area contributed by atoms with Crippen molar-refractivity contribution in [3.05, 3.63) is 69.9 Å². The van der Waals surface area contributed by atoms with Gasteiger partial charge in [-0.3, -0.25) is 0 Å². The summed E-state index contributed by atoms with van der Waals surface area (Å²) in [5, 5.41) is 0. The maximum atomic E-state index is 16.1. The van der Waals surface area contributed by atoms with Gasteiger partial charge in [0, 0.05) is 39.0 Å². The van der Waals surface area contributed by atoms with Crippen LogP contribution in [0.5, 0.6) is 0 Å². The van der Waals surface area contributed by atoms with E-state index in [9.17, 15) is 0 Å². The van der Waals surface area contributed by atoms with Gasteiger partial charge in [0.15, 0.2) is 11.6 Å². The minimum atomic E-state index is -0.852. The van der Waals surface area contributed by atoms with Crippen molar-refractivity contribution in [3.8, 4) is 40.4 Å². The predicted molar refractivity (Wildman–Crippen MR) is 214 cm³/mol. The maximum absolute atomic E-state index is 16.1. The third kappa shape index (κ3) is 8.44. The number of nitrogens with zero attached hydrogens (tertiary/aromatic N) is 2. The number of aromatic nitrogens is 2. The van der Waals surface area contributed by atoms with Crippen molar-refractivity contribution in [2.75, 3.05) is 0 Å². The fraction of sp³-hybridized carbons (Fsp3) is 0.450. The van der Waals surface area contributed by atoms with Crippen LogP contribution in [0.1, 0.15) is 102 Å². The summed E-state index contributed by atoms with van der Waals surface area (Å²) in [5.41, 5.74) is 1.28. The second kappa shape index (κ2) is 17.3. The molecule has 6 rings (SSSR count). The Balaban J connectivity index is 1.21. The quantitative estimate of drug-likeness (QED) is 0.0874. The van der Waals surface area contributed by atoms with Crippen LogP contribution in [-0.4, -0.2) is 8.75 Å². The largest absolute Gasteiger partial charge is 0.203 e. The first-order valence-corrected chi connectivity index (χ1v) is 21.9. The summed E-state index contributed by atoms with van der Waals surface area (Å²) in [5.74, 6) is -0.145. The summed E-state index contributed by atoms with van der Waals surface area (Å²) >= 11 is 7.62. The minimum absolute atomic E-state index is 0.212. The molecule has 9 heteroatoms. The predicted octanol–water partition coefficient (Wildman–Crippen LogP) is 15.2. The van der Waals surface area contributed by atoms with Gasteiger partial charge in [-0.25, -0.2) is 8.78 Å². The number of hydrogen-bond acceptors (Lipinski definition) is 7. The number of halogens is 2. The maximum Gasteiger partial charge on any atom is 0.170 e. The van der Waals surface area contributed by atoms with Gasteiger partial charge in [0.25, 0.3) is 0 Å². The number of aryl methyl sites for hydroxylation is 2. The lowest BCUT2D eigenvalue weighted by molar-refractivity contribution is 0.423. The molecule has 2 unspecified atom stereocenters. The van der Waals surface area contributed by atoms with Crippen LogP contribution < -0.4 is 0 Å². The monoisotopic (exact) mass is 752 g/mol. The van der Waals surface area contributed by atoms with Crippen molar-refractivity contribution in [1.29, 1.82) is 0 Å². The van der Waals surface area contributed by atoms with Crippen LogP contribution in [0.2, 0.25) is 0 Å². The lowest BCUT2D eigenvalue weighted by Gasteiger charge is -2.13. The molecule has 0 radical (unpaired) electrons. The number of rotatable bonds is 18. The number of thiophene rings is 4. The molecule has 260 valence electrons.